The molecular weight excluding hydrogens is 382 g/mol. The number of pyridine rings is 1. The zero-order valence-electron chi connectivity index (χ0n) is 16.3. The fourth-order valence-corrected chi connectivity index (χ4v) is 4.21. The molecule has 6 rings (SSSR count). The third-order valence-corrected chi connectivity index (χ3v) is 6.00. The Labute approximate surface area is 171 Å². The molecule has 1 saturated carbocycles. The van der Waals surface area contributed by atoms with Crippen LogP contribution in [-0.2, 0) is 17.3 Å². The molecule has 9 nitrogen and oxygen atoms in total. The first-order chi connectivity index (χ1) is 14.6. The highest BCUT2D eigenvalue weighted by Crippen LogP contribution is 2.54. The normalized spacial score (nSPS) is 17.8. The van der Waals surface area contributed by atoms with Crippen LogP contribution in [0.2, 0.25) is 0 Å². The van der Waals surface area contributed by atoms with Gasteiger partial charge in [0.1, 0.15) is 5.65 Å². The predicted octanol–water partition coefficient (Wildman–Crippen LogP) is 2.49. The number of hydrogen-bond acceptors (Lipinski definition) is 6. The Morgan fingerprint density at radius 1 is 1.20 bits per heavy atom. The van der Waals surface area contributed by atoms with Crippen LogP contribution in [0.4, 0.5) is 0 Å². The molecule has 0 aromatic carbocycles. The molecule has 0 radical (unpaired) electrons. The zero-order valence-corrected chi connectivity index (χ0v) is 16.3. The lowest BCUT2D eigenvalue weighted by Crippen LogP contribution is -2.30. The van der Waals surface area contributed by atoms with Crippen molar-refractivity contribution < 1.29 is 9.21 Å². The first-order valence-electron chi connectivity index (χ1n) is 9.92. The summed E-state index contributed by atoms with van der Waals surface area (Å²) < 4.78 is 7.90. The van der Waals surface area contributed by atoms with Crippen molar-refractivity contribution in [2.75, 3.05) is 6.54 Å². The van der Waals surface area contributed by atoms with E-state index in [0.717, 1.165) is 52.6 Å². The molecule has 4 aromatic rings. The molecule has 9 heteroatoms. The van der Waals surface area contributed by atoms with Crippen molar-refractivity contribution in [3.8, 4) is 22.6 Å². The van der Waals surface area contributed by atoms with Crippen molar-refractivity contribution in [2.24, 2.45) is 7.05 Å². The van der Waals surface area contributed by atoms with Crippen molar-refractivity contribution in [3.63, 3.8) is 0 Å². The summed E-state index contributed by atoms with van der Waals surface area (Å²) in [5.41, 5.74) is 4.33. The van der Waals surface area contributed by atoms with Crippen molar-refractivity contribution in [2.45, 2.75) is 24.7 Å². The standard InChI is InChI=1S/C21H19N7O2/c1-28-11-13(9-25-28)12-6-15-16(10-24-18(15)23-8-12)19-26-27-20(30-19)21(3-4-21)14-2-5-22-17(29)7-14/h6-11H,2-5H2,1H3,(H,22,29)(H,23,24). The quantitative estimate of drug-likeness (QED) is 0.543. The molecule has 0 saturated heterocycles. The van der Waals surface area contributed by atoms with Gasteiger partial charge in [-0.2, -0.15) is 5.10 Å². The third-order valence-electron chi connectivity index (χ3n) is 6.00. The van der Waals surface area contributed by atoms with E-state index in [9.17, 15) is 4.79 Å². The zero-order chi connectivity index (χ0) is 20.3. The molecule has 0 bridgehead atoms. The maximum absolute atomic E-state index is 11.8. The number of nitrogens with one attached hydrogen (secondary N) is 2. The number of H-pyrrole nitrogens is 1. The Balaban J connectivity index is 1.39. The minimum Gasteiger partial charge on any atom is -0.420 e. The minimum atomic E-state index is -0.283. The fraction of sp³-hybridized carbons (Fsp3) is 0.286. The van der Waals surface area contributed by atoms with Crippen LogP contribution in [0.1, 0.15) is 25.2 Å². The number of aryl methyl sites for hydroxylation is 1. The average molecular weight is 401 g/mol. The van der Waals surface area contributed by atoms with Crippen molar-refractivity contribution in [1.82, 2.24) is 35.3 Å². The summed E-state index contributed by atoms with van der Waals surface area (Å²) in [6.45, 7) is 0.651. The molecule has 2 aliphatic rings. The van der Waals surface area contributed by atoms with Gasteiger partial charge in [0.25, 0.3) is 0 Å². The van der Waals surface area contributed by atoms with Crippen LogP contribution in [0.3, 0.4) is 0 Å². The Morgan fingerprint density at radius 2 is 2.10 bits per heavy atom. The van der Waals surface area contributed by atoms with Gasteiger partial charge < -0.3 is 14.7 Å². The van der Waals surface area contributed by atoms with Gasteiger partial charge in [0.2, 0.25) is 17.7 Å². The van der Waals surface area contributed by atoms with E-state index in [-0.39, 0.29) is 11.3 Å². The molecule has 0 spiro atoms. The average Bonchev–Trinajstić information content (AvgIpc) is 3.09. The lowest BCUT2D eigenvalue weighted by Gasteiger charge is -2.19. The summed E-state index contributed by atoms with van der Waals surface area (Å²) in [4.78, 5) is 19.5. The third kappa shape index (κ3) is 2.58. The number of nitrogens with zero attached hydrogens (tertiary/aromatic N) is 5. The summed E-state index contributed by atoms with van der Waals surface area (Å²) in [5, 5.41) is 16.7. The molecule has 1 aliphatic heterocycles. The number of carbonyl (C=O) groups excluding carboxylic acids is 1. The molecule has 2 N–H and O–H groups in total. The van der Waals surface area contributed by atoms with E-state index < -0.39 is 0 Å². The highest BCUT2D eigenvalue weighted by molar-refractivity contribution is 5.93. The Kier molecular flexibility index (Phi) is 3.50. The minimum absolute atomic E-state index is 0.0482. The molecule has 30 heavy (non-hydrogen) atoms. The highest BCUT2D eigenvalue weighted by atomic mass is 16.4. The van der Waals surface area contributed by atoms with E-state index in [0.29, 0.717) is 18.3 Å². The number of rotatable bonds is 4. The number of hydrogen-bond donors (Lipinski definition) is 2. The van der Waals surface area contributed by atoms with Crippen LogP contribution in [0.15, 0.2) is 46.9 Å². The molecule has 1 aliphatic carbocycles. The van der Waals surface area contributed by atoms with Crippen LogP contribution in [0, 0.1) is 0 Å². The van der Waals surface area contributed by atoms with Gasteiger partial charge in [-0.1, -0.05) is 0 Å². The SMILES string of the molecule is Cn1cc(-c2cnc3[nH]cc(-c4nnc(C5(C6=CC(=O)NCC6)CC5)o4)c3c2)cn1. The lowest BCUT2D eigenvalue weighted by molar-refractivity contribution is -0.116. The second-order valence-corrected chi connectivity index (χ2v) is 7.93. The molecule has 4 aromatic heterocycles. The van der Waals surface area contributed by atoms with Gasteiger partial charge in [-0.15, -0.1) is 10.2 Å². The first-order valence-corrected chi connectivity index (χ1v) is 9.92. The van der Waals surface area contributed by atoms with Crippen LogP contribution < -0.4 is 5.32 Å². The van der Waals surface area contributed by atoms with E-state index in [1.807, 2.05) is 31.8 Å². The van der Waals surface area contributed by atoms with E-state index >= 15 is 0 Å². The molecule has 5 heterocycles. The summed E-state index contributed by atoms with van der Waals surface area (Å²) >= 11 is 0. The van der Waals surface area contributed by atoms with Gasteiger partial charge in [0, 0.05) is 54.8 Å². The van der Waals surface area contributed by atoms with Crippen molar-refractivity contribution >= 4 is 16.9 Å². The molecule has 1 amide bonds. The molecule has 0 atom stereocenters. The van der Waals surface area contributed by atoms with Gasteiger partial charge >= 0.3 is 0 Å². The fourth-order valence-electron chi connectivity index (χ4n) is 4.21. The van der Waals surface area contributed by atoms with Gasteiger partial charge in [-0.25, -0.2) is 4.98 Å². The van der Waals surface area contributed by atoms with Crippen LogP contribution >= 0.6 is 0 Å². The number of aromatic amines is 1. The van der Waals surface area contributed by atoms with Gasteiger partial charge in [-0.3, -0.25) is 9.48 Å². The van der Waals surface area contributed by atoms with E-state index in [4.69, 9.17) is 4.42 Å². The van der Waals surface area contributed by atoms with E-state index in [1.165, 1.54) is 0 Å². The topological polar surface area (TPSA) is 115 Å². The van der Waals surface area contributed by atoms with Gasteiger partial charge in [0.05, 0.1) is 17.2 Å². The predicted molar refractivity (Wildman–Crippen MR) is 108 cm³/mol. The Morgan fingerprint density at radius 3 is 2.87 bits per heavy atom. The number of fused-ring (bicyclic) bond motifs is 1. The molecule has 0 unspecified atom stereocenters. The summed E-state index contributed by atoms with van der Waals surface area (Å²) in [7, 11) is 1.89. The molecule has 150 valence electrons. The first kappa shape index (κ1) is 17.1. The Bertz CT molecular complexity index is 1320. The van der Waals surface area contributed by atoms with Crippen LogP contribution in [0.25, 0.3) is 33.6 Å². The Hall–Kier alpha value is -3.75. The second kappa shape index (κ2) is 6.12. The van der Waals surface area contributed by atoms with E-state index in [2.05, 4.69) is 36.6 Å². The lowest BCUT2D eigenvalue weighted by atomic mass is 9.91. The molecule has 1 fully saturated rings. The number of aromatic nitrogens is 6. The maximum Gasteiger partial charge on any atom is 0.249 e. The highest BCUT2D eigenvalue weighted by Gasteiger charge is 2.52. The molecular formula is C21H19N7O2. The maximum atomic E-state index is 11.8. The summed E-state index contributed by atoms with van der Waals surface area (Å²) in [5.74, 6) is 0.991. The smallest absolute Gasteiger partial charge is 0.249 e. The van der Waals surface area contributed by atoms with Gasteiger partial charge in [0.15, 0.2) is 0 Å². The van der Waals surface area contributed by atoms with Crippen molar-refractivity contribution in [1.29, 1.82) is 0 Å². The van der Waals surface area contributed by atoms with Crippen molar-refractivity contribution in [3.05, 3.63) is 48.4 Å². The largest absolute Gasteiger partial charge is 0.420 e. The second-order valence-electron chi connectivity index (χ2n) is 7.93. The van der Waals surface area contributed by atoms with E-state index in [1.54, 1.807) is 10.8 Å². The monoisotopic (exact) mass is 401 g/mol. The van der Waals surface area contributed by atoms with Crippen LogP contribution in [-0.4, -0.2) is 42.4 Å². The summed E-state index contributed by atoms with van der Waals surface area (Å²) in [6.07, 6.45) is 11.8. The van der Waals surface area contributed by atoms with Gasteiger partial charge in [-0.05, 0) is 30.9 Å². The number of carbonyl (C=O) groups is 1. The summed E-state index contributed by atoms with van der Waals surface area (Å²) in [6, 6.07) is 2.05. The van der Waals surface area contributed by atoms with Crippen LogP contribution in [0.5, 0.6) is 0 Å². The number of amides is 1.